The summed E-state index contributed by atoms with van der Waals surface area (Å²) in [6.07, 6.45) is 1.59. The van der Waals surface area contributed by atoms with Crippen LogP contribution in [0.1, 0.15) is 30.5 Å². The van der Waals surface area contributed by atoms with Gasteiger partial charge in [-0.25, -0.2) is 0 Å². The number of ether oxygens (including phenoxy) is 1. The molecule has 138 valence electrons. The van der Waals surface area contributed by atoms with Crippen LogP contribution in [-0.2, 0) is 14.3 Å². The van der Waals surface area contributed by atoms with E-state index in [9.17, 15) is 9.59 Å². The molecule has 0 N–H and O–H groups in total. The highest BCUT2D eigenvalue weighted by Gasteiger charge is 2.42. The highest BCUT2D eigenvalue weighted by atomic mass is 16.5. The Morgan fingerprint density at radius 1 is 1.12 bits per heavy atom. The first-order valence-corrected chi connectivity index (χ1v) is 9.02. The first-order chi connectivity index (χ1) is 12.3. The van der Waals surface area contributed by atoms with Crippen LogP contribution in [0.5, 0.6) is 0 Å². The molecule has 1 aromatic rings. The lowest BCUT2D eigenvalue weighted by Gasteiger charge is -2.37. The van der Waals surface area contributed by atoms with Crippen LogP contribution in [0.2, 0.25) is 0 Å². The van der Waals surface area contributed by atoms with E-state index < -0.39 is 0 Å². The highest BCUT2D eigenvalue weighted by molar-refractivity contribution is 6.35. The number of nitrogens with zero attached hydrogens (tertiary/aromatic N) is 2. The average Bonchev–Trinajstić information content (AvgIpc) is 2.81. The van der Waals surface area contributed by atoms with Crippen molar-refractivity contribution in [1.29, 1.82) is 0 Å². The van der Waals surface area contributed by atoms with Crippen LogP contribution in [0.15, 0.2) is 36.6 Å². The lowest BCUT2D eigenvalue weighted by molar-refractivity contribution is -0.137. The quantitative estimate of drug-likeness (QED) is 0.616. The van der Waals surface area contributed by atoms with E-state index in [1.54, 1.807) is 6.08 Å². The van der Waals surface area contributed by atoms with E-state index in [0.29, 0.717) is 24.4 Å². The number of hydrogen-bond acceptors (Lipinski definition) is 4. The summed E-state index contributed by atoms with van der Waals surface area (Å²) in [4.78, 5) is 29.4. The molecule has 26 heavy (non-hydrogen) atoms. The zero-order valence-corrected chi connectivity index (χ0v) is 15.9. The van der Waals surface area contributed by atoms with E-state index in [1.165, 1.54) is 4.90 Å². The number of carbonyl (C=O) groups excluding carboxylic acids is 2. The minimum Gasteiger partial charge on any atom is -0.372 e. The Balaban J connectivity index is 2.12. The Kier molecular flexibility index (Phi) is 5.01. The van der Waals surface area contributed by atoms with Crippen molar-refractivity contribution in [3.8, 4) is 0 Å². The minimum atomic E-state index is -0.250. The number of imide groups is 1. The van der Waals surface area contributed by atoms with E-state index >= 15 is 0 Å². The van der Waals surface area contributed by atoms with Gasteiger partial charge in [-0.2, -0.15) is 0 Å². The molecule has 0 radical (unpaired) electrons. The van der Waals surface area contributed by atoms with E-state index in [2.05, 4.69) is 6.58 Å². The monoisotopic (exact) mass is 354 g/mol. The molecule has 0 aromatic heterocycles. The number of rotatable bonds is 4. The van der Waals surface area contributed by atoms with Gasteiger partial charge >= 0.3 is 0 Å². The molecule has 2 aliphatic heterocycles. The number of hydrogen-bond donors (Lipinski definition) is 0. The molecule has 1 saturated heterocycles. The fourth-order valence-corrected chi connectivity index (χ4v) is 3.67. The molecule has 2 unspecified atom stereocenters. The SMILES string of the molecule is C=CCN1C(=O)C(c2ccc(C)c(C)c2)=C(N2CC(C)OC(C)C2)C1=O. The highest BCUT2D eigenvalue weighted by Crippen LogP contribution is 2.33. The summed E-state index contributed by atoms with van der Waals surface area (Å²) in [7, 11) is 0. The molecule has 1 fully saturated rings. The molecule has 0 spiro atoms. The molecule has 1 aromatic carbocycles. The summed E-state index contributed by atoms with van der Waals surface area (Å²) in [5.74, 6) is -0.496. The van der Waals surface area contributed by atoms with Crippen molar-refractivity contribution in [3.05, 3.63) is 53.2 Å². The van der Waals surface area contributed by atoms with Crippen molar-refractivity contribution >= 4 is 17.4 Å². The van der Waals surface area contributed by atoms with Crippen molar-refractivity contribution in [3.63, 3.8) is 0 Å². The molecule has 5 nitrogen and oxygen atoms in total. The van der Waals surface area contributed by atoms with Crippen molar-refractivity contribution in [2.24, 2.45) is 0 Å². The van der Waals surface area contributed by atoms with E-state index in [4.69, 9.17) is 4.74 Å². The van der Waals surface area contributed by atoms with Gasteiger partial charge in [0, 0.05) is 19.6 Å². The first-order valence-electron chi connectivity index (χ1n) is 9.02. The number of aryl methyl sites for hydroxylation is 2. The molecule has 2 amide bonds. The van der Waals surface area contributed by atoms with Crippen LogP contribution in [0.3, 0.4) is 0 Å². The second-order valence-electron chi connectivity index (χ2n) is 7.19. The van der Waals surface area contributed by atoms with Crippen LogP contribution in [-0.4, -0.2) is 53.5 Å². The zero-order chi connectivity index (χ0) is 19.0. The smallest absolute Gasteiger partial charge is 0.278 e. The Labute approximate surface area is 154 Å². The third-order valence-electron chi connectivity index (χ3n) is 4.99. The average molecular weight is 354 g/mol. The maximum atomic E-state index is 13.1. The number of carbonyl (C=O) groups is 2. The van der Waals surface area contributed by atoms with E-state index in [0.717, 1.165) is 16.7 Å². The van der Waals surface area contributed by atoms with Gasteiger partial charge in [0.25, 0.3) is 11.8 Å². The normalized spacial score (nSPS) is 23.8. The van der Waals surface area contributed by atoms with Crippen molar-refractivity contribution in [1.82, 2.24) is 9.80 Å². The Hall–Kier alpha value is -2.40. The van der Waals surface area contributed by atoms with Gasteiger partial charge in [0.15, 0.2) is 0 Å². The van der Waals surface area contributed by atoms with Crippen LogP contribution >= 0.6 is 0 Å². The van der Waals surface area contributed by atoms with Gasteiger partial charge in [0.05, 0.1) is 17.8 Å². The standard InChI is InChI=1S/C21H26N2O3/c1-6-9-23-20(24)18(17-8-7-13(2)14(3)10-17)19(21(23)25)22-11-15(4)26-16(5)12-22/h6-8,10,15-16H,1,9,11-12H2,2-5H3. The molecule has 2 atom stereocenters. The summed E-state index contributed by atoms with van der Waals surface area (Å²) in [5, 5.41) is 0. The molecule has 0 saturated carbocycles. The molecular formula is C21H26N2O3. The van der Waals surface area contributed by atoms with Crippen LogP contribution in [0, 0.1) is 13.8 Å². The Morgan fingerprint density at radius 2 is 1.77 bits per heavy atom. The van der Waals surface area contributed by atoms with Gasteiger partial charge in [-0.1, -0.05) is 24.3 Å². The zero-order valence-electron chi connectivity index (χ0n) is 15.9. The maximum Gasteiger partial charge on any atom is 0.278 e. The summed E-state index contributed by atoms with van der Waals surface area (Å²) >= 11 is 0. The largest absolute Gasteiger partial charge is 0.372 e. The van der Waals surface area contributed by atoms with E-state index in [-0.39, 0.29) is 30.6 Å². The Morgan fingerprint density at radius 3 is 2.35 bits per heavy atom. The first kappa shape index (κ1) is 18.4. The third kappa shape index (κ3) is 3.19. The van der Waals surface area contributed by atoms with Crippen molar-refractivity contribution in [2.45, 2.75) is 39.9 Å². The summed E-state index contributed by atoms with van der Waals surface area (Å²) in [6.45, 7) is 13.1. The number of morpholine rings is 1. The maximum absolute atomic E-state index is 13.1. The Bertz CT molecular complexity index is 786. The summed E-state index contributed by atoms with van der Waals surface area (Å²) in [5.41, 5.74) is 4.02. The second kappa shape index (κ2) is 7.08. The van der Waals surface area contributed by atoms with Gasteiger partial charge in [-0.15, -0.1) is 6.58 Å². The lowest BCUT2D eigenvalue weighted by atomic mass is 9.99. The molecular weight excluding hydrogens is 328 g/mol. The third-order valence-corrected chi connectivity index (χ3v) is 4.99. The van der Waals surface area contributed by atoms with Gasteiger partial charge in [-0.3, -0.25) is 14.5 Å². The fourth-order valence-electron chi connectivity index (χ4n) is 3.67. The van der Waals surface area contributed by atoms with Gasteiger partial charge in [0.2, 0.25) is 0 Å². The molecule has 3 rings (SSSR count). The van der Waals surface area contributed by atoms with Gasteiger partial charge < -0.3 is 9.64 Å². The molecule has 5 heteroatoms. The molecule has 2 aliphatic rings. The minimum absolute atomic E-state index is 0.00334. The van der Waals surface area contributed by atoms with Gasteiger partial charge in [0.1, 0.15) is 5.70 Å². The summed E-state index contributed by atoms with van der Waals surface area (Å²) < 4.78 is 5.80. The number of amides is 2. The van der Waals surface area contributed by atoms with Crippen LogP contribution in [0.25, 0.3) is 5.57 Å². The van der Waals surface area contributed by atoms with Gasteiger partial charge in [-0.05, 0) is 44.4 Å². The lowest BCUT2D eigenvalue weighted by Crippen LogP contribution is -2.47. The molecule has 0 aliphatic carbocycles. The van der Waals surface area contributed by atoms with Crippen molar-refractivity contribution < 1.29 is 14.3 Å². The number of benzene rings is 1. The van der Waals surface area contributed by atoms with Crippen molar-refractivity contribution in [2.75, 3.05) is 19.6 Å². The van der Waals surface area contributed by atoms with E-state index in [1.807, 2.05) is 50.8 Å². The topological polar surface area (TPSA) is 49.9 Å². The van der Waals surface area contributed by atoms with Crippen LogP contribution in [0.4, 0.5) is 0 Å². The fraction of sp³-hybridized carbons (Fsp3) is 0.429. The molecule has 0 bridgehead atoms. The predicted molar refractivity (Wildman–Crippen MR) is 101 cm³/mol. The summed E-state index contributed by atoms with van der Waals surface area (Å²) in [6, 6.07) is 5.90. The predicted octanol–water partition coefficient (Wildman–Crippen LogP) is 2.68. The second-order valence-corrected chi connectivity index (χ2v) is 7.19. The van der Waals surface area contributed by atoms with Crippen LogP contribution < -0.4 is 0 Å². The molecule has 2 heterocycles.